The molecule has 8 heteroatoms. The van der Waals surface area contributed by atoms with Crippen LogP contribution < -0.4 is 9.57 Å². The third kappa shape index (κ3) is 6.03. The van der Waals surface area contributed by atoms with Crippen LogP contribution in [0.4, 0.5) is 0 Å². The Morgan fingerprint density at radius 1 is 1.11 bits per heavy atom. The minimum Gasteiger partial charge on any atom is -0.490 e. The predicted octanol–water partition coefficient (Wildman–Crippen LogP) is 5.56. The Hall–Kier alpha value is -2.89. The van der Waals surface area contributed by atoms with Crippen molar-refractivity contribution >= 4 is 21.6 Å². The molecule has 0 aromatic heterocycles. The first-order valence-electron chi connectivity index (χ1n) is 11.6. The third-order valence-electron chi connectivity index (χ3n) is 6.34. The van der Waals surface area contributed by atoms with Crippen molar-refractivity contribution in [2.24, 2.45) is 5.92 Å². The lowest BCUT2D eigenvalue weighted by molar-refractivity contribution is 0.128. The second kappa shape index (κ2) is 10.8. The van der Waals surface area contributed by atoms with Gasteiger partial charge in [0.15, 0.2) is 0 Å². The highest BCUT2D eigenvalue weighted by atomic mass is 35.5. The summed E-state index contributed by atoms with van der Waals surface area (Å²) in [7, 11) is -3.70. The van der Waals surface area contributed by atoms with Crippen LogP contribution in [0.3, 0.4) is 0 Å². The normalized spacial score (nSPS) is 17.1. The molecule has 3 aromatic carbocycles. The molecule has 0 spiro atoms. The summed E-state index contributed by atoms with van der Waals surface area (Å²) in [5.74, 6) is 0.977. The summed E-state index contributed by atoms with van der Waals surface area (Å²) < 4.78 is 31.9. The smallest absolute Gasteiger partial charge is 0.253 e. The van der Waals surface area contributed by atoms with Crippen LogP contribution in [0.1, 0.15) is 30.9 Å². The van der Waals surface area contributed by atoms with Gasteiger partial charge in [-0.05, 0) is 72.9 Å². The SMILES string of the molecule is CCC(Oc1ccc(-c2ccc(C#N)cc2)cc1)[C@@H]1CCN(NS(=O)(=O)c2ccc(C)c(Cl)c2)C1. The van der Waals surface area contributed by atoms with Gasteiger partial charge in [-0.15, -0.1) is 4.83 Å². The number of sulfonamides is 1. The number of nitriles is 1. The molecule has 4 rings (SSSR count). The maximum Gasteiger partial charge on any atom is 0.253 e. The lowest BCUT2D eigenvalue weighted by atomic mass is 9.99. The van der Waals surface area contributed by atoms with Crippen LogP contribution in [0.5, 0.6) is 5.75 Å². The molecule has 3 aromatic rings. The van der Waals surface area contributed by atoms with Crippen molar-refractivity contribution in [3.63, 3.8) is 0 Å². The van der Waals surface area contributed by atoms with Crippen molar-refractivity contribution in [3.8, 4) is 22.9 Å². The van der Waals surface area contributed by atoms with Crippen molar-refractivity contribution in [1.29, 1.82) is 5.26 Å². The van der Waals surface area contributed by atoms with Crippen LogP contribution in [-0.4, -0.2) is 32.6 Å². The van der Waals surface area contributed by atoms with Gasteiger partial charge < -0.3 is 4.74 Å². The van der Waals surface area contributed by atoms with Gasteiger partial charge in [0, 0.05) is 24.0 Å². The molecule has 2 atom stereocenters. The predicted molar refractivity (Wildman–Crippen MR) is 137 cm³/mol. The standard InChI is InChI=1S/C27H28ClN3O3S/c1-3-27(34-24-11-9-22(10-12-24)21-7-5-20(17-29)6-8-21)23-14-15-31(18-23)30-35(32,33)25-13-4-19(2)26(28)16-25/h4-13,16,23,27,30H,3,14-15,18H2,1-2H3/t23-,27?/m1/s1. The van der Waals surface area contributed by atoms with E-state index in [9.17, 15) is 8.42 Å². The summed E-state index contributed by atoms with van der Waals surface area (Å²) in [6.45, 7) is 5.10. The Bertz CT molecular complexity index is 1320. The van der Waals surface area contributed by atoms with Crippen LogP contribution in [0.25, 0.3) is 11.1 Å². The highest BCUT2D eigenvalue weighted by molar-refractivity contribution is 7.89. The Labute approximate surface area is 212 Å². The molecule has 182 valence electrons. The van der Waals surface area contributed by atoms with Gasteiger partial charge in [0.25, 0.3) is 10.0 Å². The molecule has 1 heterocycles. The zero-order chi connectivity index (χ0) is 25.0. The van der Waals surface area contributed by atoms with Gasteiger partial charge in [-0.2, -0.15) is 5.26 Å². The van der Waals surface area contributed by atoms with Gasteiger partial charge in [-0.3, -0.25) is 0 Å². The van der Waals surface area contributed by atoms with E-state index >= 15 is 0 Å². The molecule has 1 aliphatic rings. The van der Waals surface area contributed by atoms with Crippen LogP contribution >= 0.6 is 11.6 Å². The van der Waals surface area contributed by atoms with Crippen LogP contribution in [0.15, 0.2) is 71.6 Å². The van der Waals surface area contributed by atoms with Crippen molar-refractivity contribution in [2.45, 2.75) is 37.7 Å². The molecule has 1 N–H and O–H groups in total. The quantitative estimate of drug-likeness (QED) is 0.430. The molecule has 1 aliphatic heterocycles. The Kier molecular flexibility index (Phi) is 7.78. The maximum atomic E-state index is 12.8. The molecule has 0 saturated carbocycles. The largest absolute Gasteiger partial charge is 0.490 e. The number of hydrogen-bond donors (Lipinski definition) is 1. The molecule has 0 radical (unpaired) electrons. The number of rotatable bonds is 8. The minimum atomic E-state index is -3.70. The van der Waals surface area contributed by atoms with E-state index < -0.39 is 10.0 Å². The highest BCUT2D eigenvalue weighted by Crippen LogP contribution is 2.28. The average molecular weight is 510 g/mol. The summed E-state index contributed by atoms with van der Waals surface area (Å²) in [5.41, 5.74) is 3.55. The van der Waals surface area contributed by atoms with E-state index in [0.29, 0.717) is 23.7 Å². The van der Waals surface area contributed by atoms with E-state index in [-0.39, 0.29) is 16.9 Å². The first-order valence-corrected chi connectivity index (χ1v) is 13.5. The van der Waals surface area contributed by atoms with E-state index in [0.717, 1.165) is 35.3 Å². The summed E-state index contributed by atoms with van der Waals surface area (Å²) in [5, 5.41) is 11.1. The fraction of sp³-hybridized carbons (Fsp3) is 0.296. The first kappa shape index (κ1) is 25.2. The summed E-state index contributed by atoms with van der Waals surface area (Å²) >= 11 is 6.12. The second-order valence-electron chi connectivity index (χ2n) is 8.78. The lowest BCUT2D eigenvalue weighted by Gasteiger charge is -2.24. The van der Waals surface area contributed by atoms with Gasteiger partial charge in [0.1, 0.15) is 11.9 Å². The van der Waals surface area contributed by atoms with Crippen LogP contribution in [0, 0.1) is 24.2 Å². The zero-order valence-corrected chi connectivity index (χ0v) is 21.3. The molecule has 1 fully saturated rings. The van der Waals surface area contributed by atoms with Crippen molar-refractivity contribution in [2.75, 3.05) is 13.1 Å². The number of halogens is 1. The molecule has 1 saturated heterocycles. The Morgan fingerprint density at radius 3 is 2.37 bits per heavy atom. The molecule has 1 unspecified atom stereocenters. The van der Waals surface area contributed by atoms with Gasteiger partial charge >= 0.3 is 0 Å². The third-order valence-corrected chi connectivity index (χ3v) is 8.13. The topological polar surface area (TPSA) is 82.4 Å². The molecular formula is C27H28ClN3O3S. The van der Waals surface area contributed by atoms with Gasteiger partial charge in [-0.25, -0.2) is 13.4 Å². The second-order valence-corrected chi connectivity index (χ2v) is 10.8. The molecule has 6 nitrogen and oxygen atoms in total. The lowest BCUT2D eigenvalue weighted by Crippen LogP contribution is -2.41. The summed E-state index contributed by atoms with van der Waals surface area (Å²) in [4.78, 5) is 2.85. The van der Waals surface area contributed by atoms with Crippen molar-refractivity contribution in [3.05, 3.63) is 82.9 Å². The van der Waals surface area contributed by atoms with Gasteiger partial charge in [-0.1, -0.05) is 48.9 Å². The van der Waals surface area contributed by atoms with E-state index in [4.69, 9.17) is 21.6 Å². The molecular weight excluding hydrogens is 482 g/mol. The van der Waals surface area contributed by atoms with Crippen molar-refractivity contribution in [1.82, 2.24) is 9.84 Å². The molecule has 0 bridgehead atoms. The summed E-state index contributed by atoms with van der Waals surface area (Å²) in [6, 6.07) is 22.3. The first-order chi connectivity index (χ1) is 16.8. The number of hydrogen-bond acceptors (Lipinski definition) is 5. The summed E-state index contributed by atoms with van der Waals surface area (Å²) in [6.07, 6.45) is 1.62. The Morgan fingerprint density at radius 2 is 1.77 bits per heavy atom. The monoisotopic (exact) mass is 509 g/mol. The van der Waals surface area contributed by atoms with E-state index in [2.05, 4.69) is 17.8 Å². The number of aryl methyl sites for hydroxylation is 1. The van der Waals surface area contributed by atoms with E-state index in [1.807, 2.05) is 43.3 Å². The van der Waals surface area contributed by atoms with Crippen LogP contribution in [0.2, 0.25) is 5.02 Å². The maximum absolute atomic E-state index is 12.8. The minimum absolute atomic E-state index is 0.0286. The fourth-order valence-corrected chi connectivity index (χ4v) is 5.66. The molecule has 35 heavy (non-hydrogen) atoms. The number of ether oxygens (including phenoxy) is 1. The fourth-order valence-electron chi connectivity index (χ4n) is 4.29. The molecule has 0 aliphatic carbocycles. The molecule has 0 amide bonds. The average Bonchev–Trinajstić information content (AvgIpc) is 3.32. The highest BCUT2D eigenvalue weighted by Gasteiger charge is 2.32. The number of benzene rings is 3. The van der Waals surface area contributed by atoms with Crippen molar-refractivity contribution < 1.29 is 13.2 Å². The Balaban J connectivity index is 1.37. The number of hydrazine groups is 1. The van der Waals surface area contributed by atoms with E-state index in [1.165, 1.54) is 6.07 Å². The van der Waals surface area contributed by atoms with Crippen LogP contribution in [-0.2, 0) is 10.0 Å². The van der Waals surface area contributed by atoms with E-state index in [1.54, 1.807) is 29.3 Å². The zero-order valence-electron chi connectivity index (χ0n) is 19.7. The van der Waals surface area contributed by atoms with Gasteiger partial charge in [0.2, 0.25) is 0 Å². The number of nitrogens with one attached hydrogen (secondary N) is 1. The van der Waals surface area contributed by atoms with Gasteiger partial charge in [0.05, 0.1) is 16.5 Å². The number of nitrogens with zero attached hydrogens (tertiary/aromatic N) is 2.